The highest BCUT2D eigenvalue weighted by Crippen LogP contribution is 2.36. The predicted octanol–water partition coefficient (Wildman–Crippen LogP) is 1.78. The number of hydrogen-bond donors (Lipinski definition) is 1. The maximum atomic E-state index is 12.8. The van der Waals surface area contributed by atoms with Gasteiger partial charge in [-0.05, 0) is 32.6 Å². The van der Waals surface area contributed by atoms with Gasteiger partial charge in [0.15, 0.2) is 6.29 Å². The van der Waals surface area contributed by atoms with Crippen LogP contribution in [0.25, 0.3) is 0 Å². The van der Waals surface area contributed by atoms with Crippen LogP contribution >= 0.6 is 0 Å². The van der Waals surface area contributed by atoms with Gasteiger partial charge in [0, 0.05) is 0 Å². The summed E-state index contributed by atoms with van der Waals surface area (Å²) in [5.74, 6) is -1.65. The third-order valence-corrected chi connectivity index (χ3v) is 3.00. The molecule has 0 amide bonds. The maximum absolute atomic E-state index is 12.8. The monoisotopic (exact) mass is 300 g/mol. The molecule has 8 heteroatoms. The zero-order valence-corrected chi connectivity index (χ0v) is 11.2. The molecular formula is C12H19F3O5. The Labute approximate surface area is 115 Å². The molecule has 1 fully saturated rings. The zero-order valence-electron chi connectivity index (χ0n) is 11.2. The number of esters is 1. The number of aliphatic hydroxyl groups is 1. The van der Waals surface area contributed by atoms with E-state index in [1.807, 2.05) is 0 Å². The summed E-state index contributed by atoms with van der Waals surface area (Å²) in [5, 5.41) is 9.58. The van der Waals surface area contributed by atoms with Crippen LogP contribution in [0.2, 0.25) is 0 Å². The van der Waals surface area contributed by atoms with Crippen LogP contribution in [-0.2, 0) is 19.0 Å². The van der Waals surface area contributed by atoms with E-state index in [9.17, 15) is 23.1 Å². The van der Waals surface area contributed by atoms with Crippen molar-refractivity contribution < 1.29 is 37.3 Å². The fourth-order valence-electron chi connectivity index (χ4n) is 1.88. The Hall–Kier alpha value is -0.860. The number of alkyl halides is 3. The summed E-state index contributed by atoms with van der Waals surface area (Å²) in [6.45, 7) is 2.10. The molecule has 1 unspecified atom stereocenters. The van der Waals surface area contributed by atoms with E-state index in [4.69, 9.17) is 9.47 Å². The number of carbonyl (C=O) groups excluding carboxylic acids is 1. The lowest BCUT2D eigenvalue weighted by atomic mass is 9.95. The van der Waals surface area contributed by atoms with E-state index in [-0.39, 0.29) is 13.0 Å². The largest absolute Gasteiger partial charge is 0.464 e. The standard InChI is InChI=1S/C12H19F3O5/c1-2-18-10(16)11(17,12(13,14)15)6-4-3-5-9-19-7-8-20-9/h9,17H,2-8H2,1H3. The van der Waals surface area contributed by atoms with Gasteiger partial charge in [0.05, 0.1) is 19.8 Å². The molecular weight excluding hydrogens is 281 g/mol. The molecule has 0 aliphatic carbocycles. The third-order valence-electron chi connectivity index (χ3n) is 3.00. The van der Waals surface area contributed by atoms with Gasteiger partial charge < -0.3 is 19.3 Å². The average molecular weight is 300 g/mol. The van der Waals surface area contributed by atoms with Gasteiger partial charge in [-0.25, -0.2) is 4.79 Å². The molecule has 0 aromatic heterocycles. The Bertz CT molecular complexity index is 315. The summed E-state index contributed by atoms with van der Waals surface area (Å²) in [7, 11) is 0. The molecule has 20 heavy (non-hydrogen) atoms. The molecule has 0 bridgehead atoms. The van der Waals surface area contributed by atoms with E-state index in [1.165, 1.54) is 6.92 Å². The van der Waals surface area contributed by atoms with E-state index < -0.39 is 30.5 Å². The Morgan fingerprint density at radius 2 is 1.90 bits per heavy atom. The van der Waals surface area contributed by atoms with Crippen molar-refractivity contribution in [2.24, 2.45) is 0 Å². The summed E-state index contributed by atoms with van der Waals surface area (Å²) in [5.41, 5.74) is -3.44. The summed E-state index contributed by atoms with van der Waals surface area (Å²) < 4.78 is 53.0. The number of hydrogen-bond acceptors (Lipinski definition) is 5. The molecule has 5 nitrogen and oxygen atoms in total. The number of halogens is 3. The summed E-state index contributed by atoms with van der Waals surface area (Å²) in [6, 6.07) is 0. The molecule has 0 aromatic rings. The smallest absolute Gasteiger partial charge is 0.428 e. The van der Waals surface area contributed by atoms with Crippen molar-refractivity contribution in [1.82, 2.24) is 0 Å². The number of unbranched alkanes of at least 4 members (excludes halogenated alkanes) is 1. The van der Waals surface area contributed by atoms with Crippen LogP contribution in [0.4, 0.5) is 13.2 Å². The van der Waals surface area contributed by atoms with Crippen molar-refractivity contribution in [1.29, 1.82) is 0 Å². The highest BCUT2D eigenvalue weighted by molar-refractivity contribution is 5.80. The SMILES string of the molecule is CCOC(=O)C(O)(CCCCC1OCCO1)C(F)(F)F. The molecule has 0 spiro atoms. The second kappa shape index (κ2) is 7.24. The Morgan fingerprint density at radius 1 is 1.30 bits per heavy atom. The highest BCUT2D eigenvalue weighted by Gasteiger charge is 2.60. The van der Waals surface area contributed by atoms with Crippen LogP contribution < -0.4 is 0 Å². The Kier molecular flexibility index (Phi) is 6.22. The molecule has 0 radical (unpaired) electrons. The Balaban J connectivity index is 2.46. The van der Waals surface area contributed by atoms with Crippen molar-refractivity contribution >= 4 is 5.97 Å². The zero-order chi connectivity index (χ0) is 15.2. The fraction of sp³-hybridized carbons (Fsp3) is 0.917. The van der Waals surface area contributed by atoms with Crippen LogP contribution in [0.15, 0.2) is 0 Å². The first-order valence-corrected chi connectivity index (χ1v) is 6.51. The first-order chi connectivity index (χ1) is 9.31. The lowest BCUT2D eigenvalue weighted by molar-refractivity contribution is -0.264. The van der Waals surface area contributed by atoms with E-state index in [2.05, 4.69) is 4.74 Å². The van der Waals surface area contributed by atoms with E-state index >= 15 is 0 Å². The van der Waals surface area contributed by atoms with E-state index in [0.29, 0.717) is 26.1 Å². The van der Waals surface area contributed by atoms with E-state index in [1.54, 1.807) is 0 Å². The van der Waals surface area contributed by atoms with Gasteiger partial charge in [-0.15, -0.1) is 0 Å². The van der Waals surface area contributed by atoms with Crippen molar-refractivity contribution in [2.75, 3.05) is 19.8 Å². The van der Waals surface area contributed by atoms with Crippen LogP contribution in [0.1, 0.15) is 32.6 Å². The van der Waals surface area contributed by atoms with Crippen molar-refractivity contribution in [3.05, 3.63) is 0 Å². The normalized spacial score (nSPS) is 19.9. The second-order valence-electron chi connectivity index (χ2n) is 4.50. The minimum Gasteiger partial charge on any atom is -0.464 e. The molecule has 1 saturated heterocycles. The minimum absolute atomic E-state index is 0.0119. The van der Waals surface area contributed by atoms with Crippen LogP contribution in [0.3, 0.4) is 0 Å². The van der Waals surface area contributed by atoms with E-state index in [0.717, 1.165) is 0 Å². The Morgan fingerprint density at radius 3 is 2.40 bits per heavy atom. The van der Waals surface area contributed by atoms with Gasteiger partial charge in [-0.1, -0.05) is 0 Å². The topological polar surface area (TPSA) is 65.0 Å². The van der Waals surface area contributed by atoms with Gasteiger partial charge in [-0.3, -0.25) is 0 Å². The van der Waals surface area contributed by atoms with Gasteiger partial charge in [-0.2, -0.15) is 13.2 Å². The fourth-order valence-corrected chi connectivity index (χ4v) is 1.88. The van der Waals surface area contributed by atoms with Gasteiger partial charge in [0.2, 0.25) is 0 Å². The molecule has 0 aromatic carbocycles. The molecule has 1 aliphatic rings. The van der Waals surface area contributed by atoms with Gasteiger partial charge >= 0.3 is 12.1 Å². The third kappa shape index (κ3) is 4.32. The summed E-state index contributed by atoms with van der Waals surface area (Å²) in [4.78, 5) is 11.3. The number of rotatable bonds is 7. The van der Waals surface area contributed by atoms with Gasteiger partial charge in [0.25, 0.3) is 5.60 Å². The van der Waals surface area contributed by atoms with Crippen LogP contribution in [0.5, 0.6) is 0 Å². The van der Waals surface area contributed by atoms with Gasteiger partial charge in [0.1, 0.15) is 0 Å². The first-order valence-electron chi connectivity index (χ1n) is 6.51. The number of carbonyl (C=O) groups is 1. The second-order valence-corrected chi connectivity index (χ2v) is 4.50. The minimum atomic E-state index is -5.06. The summed E-state index contributed by atoms with van der Waals surface area (Å²) >= 11 is 0. The van der Waals surface area contributed by atoms with Crippen LogP contribution in [0, 0.1) is 0 Å². The predicted molar refractivity (Wildman–Crippen MR) is 61.8 cm³/mol. The molecule has 1 heterocycles. The molecule has 118 valence electrons. The van der Waals surface area contributed by atoms with Crippen molar-refractivity contribution in [2.45, 2.75) is 50.7 Å². The van der Waals surface area contributed by atoms with Crippen molar-refractivity contribution in [3.8, 4) is 0 Å². The first kappa shape index (κ1) is 17.2. The molecule has 1 aliphatic heterocycles. The van der Waals surface area contributed by atoms with Crippen LogP contribution in [-0.4, -0.2) is 49.0 Å². The number of ether oxygens (including phenoxy) is 3. The molecule has 1 rings (SSSR count). The summed E-state index contributed by atoms with van der Waals surface area (Å²) in [6.07, 6.45) is -5.41. The van der Waals surface area contributed by atoms with Crippen molar-refractivity contribution in [3.63, 3.8) is 0 Å². The average Bonchev–Trinajstić information content (AvgIpc) is 2.86. The highest BCUT2D eigenvalue weighted by atomic mass is 19.4. The molecule has 1 N–H and O–H groups in total. The molecule has 1 atom stereocenters. The molecule has 0 saturated carbocycles. The lowest BCUT2D eigenvalue weighted by Crippen LogP contribution is -2.53. The maximum Gasteiger partial charge on any atom is 0.428 e. The quantitative estimate of drug-likeness (QED) is 0.573. The lowest BCUT2D eigenvalue weighted by Gasteiger charge is -2.28.